The maximum atomic E-state index is 12.3. The van der Waals surface area contributed by atoms with Crippen LogP contribution in [0.5, 0.6) is 0 Å². The van der Waals surface area contributed by atoms with Gasteiger partial charge in [0.25, 0.3) is 0 Å². The normalized spacial score (nSPS) is 17.5. The van der Waals surface area contributed by atoms with Crippen LogP contribution >= 0.6 is 0 Å². The molecule has 1 fully saturated rings. The molecule has 0 radical (unpaired) electrons. The first-order chi connectivity index (χ1) is 11.2. The van der Waals surface area contributed by atoms with Gasteiger partial charge >= 0.3 is 0 Å². The summed E-state index contributed by atoms with van der Waals surface area (Å²) in [5.74, 6) is 0.0413. The first kappa shape index (κ1) is 19.9. The Labute approximate surface area is 139 Å². The quantitative estimate of drug-likeness (QED) is 0.532. The summed E-state index contributed by atoms with van der Waals surface area (Å²) in [5.41, 5.74) is 0. The second kappa shape index (κ2) is 12.3. The van der Waals surface area contributed by atoms with Gasteiger partial charge in [0.1, 0.15) is 6.04 Å². The van der Waals surface area contributed by atoms with Crippen LogP contribution in [0, 0.1) is 0 Å². The number of rotatable bonds is 12. The predicted molar refractivity (Wildman–Crippen MR) is 89.0 cm³/mol. The second-order valence-electron chi connectivity index (χ2n) is 5.97. The molecule has 0 aliphatic carbocycles. The molecule has 1 heterocycles. The van der Waals surface area contributed by atoms with Crippen LogP contribution in [0.25, 0.3) is 0 Å². The second-order valence-corrected chi connectivity index (χ2v) is 5.97. The molecule has 23 heavy (non-hydrogen) atoms. The van der Waals surface area contributed by atoms with E-state index in [1.807, 2.05) is 6.92 Å². The van der Waals surface area contributed by atoms with E-state index >= 15 is 0 Å². The van der Waals surface area contributed by atoms with Crippen LogP contribution < -0.4 is 5.32 Å². The number of carbonyl (C=O) groups is 2. The monoisotopic (exact) mass is 328 g/mol. The van der Waals surface area contributed by atoms with Crippen molar-refractivity contribution in [3.8, 4) is 0 Å². The molecule has 6 heteroatoms. The molecule has 0 aromatic heterocycles. The molecule has 1 saturated heterocycles. The molecule has 2 N–H and O–H groups in total. The van der Waals surface area contributed by atoms with Gasteiger partial charge < -0.3 is 20.1 Å². The first-order valence-electron chi connectivity index (χ1n) is 8.96. The van der Waals surface area contributed by atoms with Gasteiger partial charge in [-0.2, -0.15) is 0 Å². The molecule has 2 amide bonds. The highest BCUT2D eigenvalue weighted by atomic mass is 16.5. The van der Waals surface area contributed by atoms with E-state index in [9.17, 15) is 9.59 Å². The summed E-state index contributed by atoms with van der Waals surface area (Å²) in [7, 11) is 0. The van der Waals surface area contributed by atoms with Crippen molar-refractivity contribution >= 4 is 11.8 Å². The molecule has 0 saturated carbocycles. The Bertz CT molecular complexity index is 349. The maximum Gasteiger partial charge on any atom is 0.242 e. The minimum Gasteiger partial charge on any atom is -0.396 e. The van der Waals surface area contributed by atoms with Crippen molar-refractivity contribution in [2.24, 2.45) is 0 Å². The molecule has 0 aromatic rings. The fourth-order valence-corrected chi connectivity index (χ4v) is 2.85. The molecule has 1 aliphatic heterocycles. The van der Waals surface area contributed by atoms with E-state index in [0.29, 0.717) is 25.9 Å². The molecular formula is C17H32N2O4. The van der Waals surface area contributed by atoms with Crippen molar-refractivity contribution in [1.82, 2.24) is 10.2 Å². The fourth-order valence-electron chi connectivity index (χ4n) is 2.85. The maximum absolute atomic E-state index is 12.3. The summed E-state index contributed by atoms with van der Waals surface area (Å²) in [6.45, 7) is 4.87. The van der Waals surface area contributed by atoms with Crippen LogP contribution in [0.2, 0.25) is 0 Å². The lowest BCUT2D eigenvalue weighted by Crippen LogP contribution is -2.46. The van der Waals surface area contributed by atoms with Gasteiger partial charge in [0.15, 0.2) is 0 Å². The number of hydrogen-bond donors (Lipinski definition) is 2. The Balaban J connectivity index is 2.24. The first-order valence-corrected chi connectivity index (χ1v) is 8.96. The third-order valence-electron chi connectivity index (χ3n) is 4.14. The van der Waals surface area contributed by atoms with Gasteiger partial charge in [-0.05, 0) is 45.4 Å². The number of likely N-dealkylation sites (tertiary alicyclic amines) is 1. The Morgan fingerprint density at radius 1 is 1.22 bits per heavy atom. The number of amides is 2. The van der Waals surface area contributed by atoms with Crippen LogP contribution in [0.4, 0.5) is 0 Å². The zero-order valence-electron chi connectivity index (χ0n) is 14.4. The van der Waals surface area contributed by atoms with E-state index in [4.69, 9.17) is 9.84 Å². The topological polar surface area (TPSA) is 78.9 Å². The van der Waals surface area contributed by atoms with Crippen LogP contribution in [0.3, 0.4) is 0 Å². The standard InChI is InChI=1S/C17H32N2O4/c1-2-23-14-7-3-4-10-16(21)19-12-8-9-15(19)17(22)18-11-5-6-13-20/h15,20H,2-14H2,1H3,(H,18,22)/t15-/m0/s1. The Hall–Kier alpha value is -1.14. The van der Waals surface area contributed by atoms with Crippen molar-refractivity contribution in [1.29, 1.82) is 0 Å². The van der Waals surface area contributed by atoms with Gasteiger partial charge in [0, 0.05) is 39.3 Å². The summed E-state index contributed by atoms with van der Waals surface area (Å²) in [4.78, 5) is 26.2. The molecule has 0 bridgehead atoms. The highest BCUT2D eigenvalue weighted by molar-refractivity contribution is 5.88. The van der Waals surface area contributed by atoms with Crippen molar-refractivity contribution in [3.05, 3.63) is 0 Å². The van der Waals surface area contributed by atoms with Crippen molar-refractivity contribution < 1.29 is 19.4 Å². The van der Waals surface area contributed by atoms with E-state index < -0.39 is 0 Å². The highest BCUT2D eigenvalue weighted by Gasteiger charge is 2.33. The molecule has 134 valence electrons. The molecule has 1 atom stereocenters. The summed E-state index contributed by atoms with van der Waals surface area (Å²) in [6.07, 6.45) is 6.44. The zero-order chi connectivity index (χ0) is 16.9. The Kier molecular flexibility index (Phi) is 10.6. The SMILES string of the molecule is CCOCCCCCC(=O)N1CCC[C@H]1C(=O)NCCCCO. The zero-order valence-corrected chi connectivity index (χ0v) is 14.4. The smallest absolute Gasteiger partial charge is 0.242 e. The number of aliphatic hydroxyl groups excluding tert-OH is 1. The molecule has 6 nitrogen and oxygen atoms in total. The number of unbranched alkanes of at least 4 members (excludes halogenated alkanes) is 3. The van der Waals surface area contributed by atoms with Gasteiger partial charge in [0.05, 0.1) is 0 Å². The lowest BCUT2D eigenvalue weighted by molar-refractivity contribution is -0.138. The third kappa shape index (κ3) is 7.79. The molecule has 0 aromatic carbocycles. The Morgan fingerprint density at radius 3 is 2.78 bits per heavy atom. The summed E-state index contributed by atoms with van der Waals surface area (Å²) in [5, 5.41) is 11.6. The third-order valence-corrected chi connectivity index (χ3v) is 4.14. The summed E-state index contributed by atoms with van der Waals surface area (Å²) >= 11 is 0. The van der Waals surface area contributed by atoms with Gasteiger partial charge in [-0.25, -0.2) is 0 Å². The largest absolute Gasteiger partial charge is 0.396 e. The van der Waals surface area contributed by atoms with Crippen LogP contribution in [-0.2, 0) is 14.3 Å². The van der Waals surface area contributed by atoms with Crippen molar-refractivity contribution in [2.75, 3.05) is 32.9 Å². The van der Waals surface area contributed by atoms with E-state index in [2.05, 4.69) is 5.32 Å². The average Bonchev–Trinajstić information content (AvgIpc) is 3.04. The van der Waals surface area contributed by atoms with E-state index in [1.54, 1.807) is 4.90 Å². The summed E-state index contributed by atoms with van der Waals surface area (Å²) < 4.78 is 5.28. The van der Waals surface area contributed by atoms with Gasteiger partial charge in [0.2, 0.25) is 11.8 Å². The Morgan fingerprint density at radius 2 is 2.04 bits per heavy atom. The van der Waals surface area contributed by atoms with E-state index in [1.165, 1.54) is 0 Å². The average molecular weight is 328 g/mol. The molecule has 1 rings (SSSR count). The number of ether oxygens (including phenoxy) is 1. The number of nitrogens with zero attached hydrogens (tertiary/aromatic N) is 1. The van der Waals surface area contributed by atoms with Crippen LogP contribution in [0.15, 0.2) is 0 Å². The number of carbonyl (C=O) groups excluding carboxylic acids is 2. The minimum absolute atomic E-state index is 0.0508. The van der Waals surface area contributed by atoms with E-state index in [0.717, 1.165) is 51.7 Å². The highest BCUT2D eigenvalue weighted by Crippen LogP contribution is 2.19. The lowest BCUT2D eigenvalue weighted by Gasteiger charge is -2.24. The lowest BCUT2D eigenvalue weighted by atomic mass is 10.1. The molecule has 1 aliphatic rings. The molecular weight excluding hydrogens is 296 g/mol. The predicted octanol–water partition coefficient (Wildman–Crippen LogP) is 1.46. The molecule has 0 unspecified atom stereocenters. The van der Waals surface area contributed by atoms with Crippen molar-refractivity contribution in [2.45, 2.75) is 64.3 Å². The van der Waals surface area contributed by atoms with Crippen molar-refractivity contribution in [3.63, 3.8) is 0 Å². The minimum atomic E-state index is -0.306. The van der Waals surface area contributed by atoms with Gasteiger partial charge in [-0.15, -0.1) is 0 Å². The number of nitrogens with one attached hydrogen (secondary N) is 1. The summed E-state index contributed by atoms with van der Waals surface area (Å²) in [6, 6.07) is -0.306. The van der Waals surface area contributed by atoms with Crippen LogP contribution in [-0.4, -0.2) is 60.8 Å². The fraction of sp³-hybridized carbons (Fsp3) is 0.882. The van der Waals surface area contributed by atoms with Gasteiger partial charge in [-0.1, -0.05) is 6.42 Å². The van der Waals surface area contributed by atoms with Gasteiger partial charge in [-0.3, -0.25) is 9.59 Å². The van der Waals surface area contributed by atoms with E-state index in [-0.39, 0.29) is 24.5 Å². The molecule has 0 spiro atoms. The number of aliphatic hydroxyl groups is 1. The number of hydrogen-bond acceptors (Lipinski definition) is 4. The van der Waals surface area contributed by atoms with Crippen LogP contribution in [0.1, 0.15) is 58.3 Å².